The molecule has 3 rings (SSSR count). The lowest BCUT2D eigenvalue weighted by molar-refractivity contribution is -0.118. The number of hydrogen-bond donors (Lipinski definition) is 1. The van der Waals surface area contributed by atoms with Gasteiger partial charge in [-0.1, -0.05) is 12.1 Å². The van der Waals surface area contributed by atoms with E-state index < -0.39 is 0 Å². The second-order valence-corrected chi connectivity index (χ2v) is 6.29. The van der Waals surface area contributed by atoms with Crippen molar-refractivity contribution in [2.24, 2.45) is 0 Å². The maximum Gasteiger partial charge on any atom is 0.262 e. The van der Waals surface area contributed by atoms with Crippen LogP contribution in [0.4, 0.5) is 5.69 Å². The normalized spacial score (nSPS) is 13.3. The first-order chi connectivity index (χ1) is 13.2. The molecule has 1 aliphatic heterocycles. The third-order valence-electron chi connectivity index (χ3n) is 4.32. The monoisotopic (exact) mass is 368 g/mol. The molecule has 0 unspecified atom stereocenters. The number of ether oxygens (including phenoxy) is 2. The van der Waals surface area contributed by atoms with Gasteiger partial charge >= 0.3 is 0 Å². The zero-order valence-corrected chi connectivity index (χ0v) is 15.4. The van der Waals surface area contributed by atoms with Gasteiger partial charge in [0.15, 0.2) is 18.1 Å². The third kappa shape index (κ3) is 5.00. The van der Waals surface area contributed by atoms with Gasteiger partial charge in [-0.25, -0.2) is 0 Å². The van der Waals surface area contributed by atoms with Crippen molar-refractivity contribution < 1.29 is 19.1 Å². The zero-order valence-electron chi connectivity index (χ0n) is 15.4. The van der Waals surface area contributed by atoms with Crippen LogP contribution in [0.2, 0.25) is 0 Å². The fourth-order valence-corrected chi connectivity index (χ4v) is 2.98. The van der Waals surface area contributed by atoms with Gasteiger partial charge in [0.05, 0.1) is 6.61 Å². The molecule has 0 atom stereocenters. The summed E-state index contributed by atoms with van der Waals surface area (Å²) in [5.74, 6) is 0.903. The lowest BCUT2D eigenvalue weighted by Crippen LogP contribution is -2.27. The highest BCUT2D eigenvalue weighted by atomic mass is 16.5. The Morgan fingerprint density at radius 2 is 1.59 bits per heavy atom. The van der Waals surface area contributed by atoms with E-state index >= 15 is 0 Å². The molecule has 6 nitrogen and oxygen atoms in total. The number of amides is 2. The van der Waals surface area contributed by atoms with E-state index in [1.165, 1.54) is 0 Å². The molecule has 1 aliphatic rings. The predicted molar refractivity (Wildman–Crippen MR) is 103 cm³/mol. The van der Waals surface area contributed by atoms with Gasteiger partial charge in [0.25, 0.3) is 11.8 Å². The lowest BCUT2D eigenvalue weighted by atomic mass is 10.2. The molecule has 0 aromatic heterocycles. The zero-order chi connectivity index (χ0) is 19.1. The molecule has 1 N–H and O–H groups in total. The van der Waals surface area contributed by atoms with E-state index in [0.717, 1.165) is 25.9 Å². The Morgan fingerprint density at radius 3 is 2.22 bits per heavy atom. The number of likely N-dealkylation sites (tertiary alicyclic amines) is 1. The summed E-state index contributed by atoms with van der Waals surface area (Å²) in [6.45, 7) is 3.92. The van der Waals surface area contributed by atoms with Crippen molar-refractivity contribution in [3.63, 3.8) is 0 Å². The van der Waals surface area contributed by atoms with Gasteiger partial charge in [-0.15, -0.1) is 0 Å². The highest BCUT2D eigenvalue weighted by Gasteiger charge is 2.19. The quantitative estimate of drug-likeness (QED) is 0.814. The SMILES string of the molecule is CCOc1ccccc1OCC(=O)Nc1ccc(C(=O)N2CCCC2)cc1. The van der Waals surface area contributed by atoms with E-state index in [-0.39, 0.29) is 18.4 Å². The maximum absolute atomic E-state index is 12.3. The molecule has 6 heteroatoms. The van der Waals surface area contributed by atoms with Crippen molar-refractivity contribution in [2.75, 3.05) is 31.6 Å². The van der Waals surface area contributed by atoms with E-state index in [0.29, 0.717) is 29.4 Å². The molecular formula is C21H24N2O4. The standard InChI is InChI=1S/C21H24N2O4/c1-2-26-18-7-3-4-8-19(18)27-15-20(24)22-17-11-9-16(10-12-17)21(25)23-13-5-6-14-23/h3-4,7-12H,2,5-6,13-15H2,1H3,(H,22,24). The van der Waals surface area contributed by atoms with Gasteiger partial charge < -0.3 is 19.7 Å². The summed E-state index contributed by atoms with van der Waals surface area (Å²) in [7, 11) is 0. The van der Waals surface area contributed by atoms with Gasteiger partial charge in [0.1, 0.15) is 0 Å². The van der Waals surface area contributed by atoms with Crippen molar-refractivity contribution in [1.29, 1.82) is 0 Å². The molecule has 0 bridgehead atoms. The van der Waals surface area contributed by atoms with E-state index in [1.54, 1.807) is 36.4 Å². The molecule has 1 heterocycles. The Kier molecular flexibility index (Phi) is 6.30. The third-order valence-corrected chi connectivity index (χ3v) is 4.32. The molecule has 1 saturated heterocycles. The molecular weight excluding hydrogens is 344 g/mol. The molecule has 1 fully saturated rings. The summed E-state index contributed by atoms with van der Waals surface area (Å²) >= 11 is 0. The number of nitrogens with zero attached hydrogens (tertiary/aromatic N) is 1. The number of carbonyl (C=O) groups excluding carboxylic acids is 2. The molecule has 2 aromatic carbocycles. The van der Waals surface area contributed by atoms with Gasteiger partial charge in [-0.3, -0.25) is 9.59 Å². The minimum Gasteiger partial charge on any atom is -0.490 e. The van der Waals surface area contributed by atoms with Crippen LogP contribution in [-0.2, 0) is 4.79 Å². The molecule has 0 spiro atoms. The van der Waals surface area contributed by atoms with E-state index in [1.807, 2.05) is 24.0 Å². The summed E-state index contributed by atoms with van der Waals surface area (Å²) in [4.78, 5) is 26.3. The maximum atomic E-state index is 12.3. The molecule has 142 valence electrons. The van der Waals surface area contributed by atoms with Crippen LogP contribution in [0.1, 0.15) is 30.1 Å². The highest BCUT2D eigenvalue weighted by molar-refractivity contribution is 5.96. The van der Waals surface area contributed by atoms with E-state index in [2.05, 4.69) is 5.32 Å². The molecule has 0 saturated carbocycles. The average Bonchev–Trinajstić information content (AvgIpc) is 3.22. The Labute approximate surface area is 159 Å². The Balaban J connectivity index is 1.53. The fraction of sp³-hybridized carbons (Fsp3) is 0.333. The van der Waals surface area contributed by atoms with Gasteiger partial charge in [-0.05, 0) is 56.2 Å². The number of anilines is 1. The van der Waals surface area contributed by atoms with E-state index in [9.17, 15) is 9.59 Å². The first-order valence-corrected chi connectivity index (χ1v) is 9.21. The average molecular weight is 368 g/mol. The fourth-order valence-electron chi connectivity index (χ4n) is 2.98. The lowest BCUT2D eigenvalue weighted by Gasteiger charge is -2.15. The number of nitrogens with one attached hydrogen (secondary N) is 1. The van der Waals surface area contributed by atoms with Crippen LogP contribution in [0.3, 0.4) is 0 Å². The van der Waals surface area contributed by atoms with Crippen LogP contribution in [0.15, 0.2) is 48.5 Å². The summed E-state index contributed by atoms with van der Waals surface area (Å²) in [6.07, 6.45) is 2.12. The molecule has 27 heavy (non-hydrogen) atoms. The van der Waals surface area contributed by atoms with Gasteiger partial charge in [-0.2, -0.15) is 0 Å². The van der Waals surface area contributed by atoms with Crippen molar-refractivity contribution in [3.05, 3.63) is 54.1 Å². The smallest absolute Gasteiger partial charge is 0.262 e. The van der Waals surface area contributed by atoms with E-state index in [4.69, 9.17) is 9.47 Å². The van der Waals surface area contributed by atoms with Crippen LogP contribution >= 0.6 is 0 Å². The Morgan fingerprint density at radius 1 is 0.963 bits per heavy atom. The van der Waals surface area contributed by atoms with Gasteiger partial charge in [0, 0.05) is 24.3 Å². The van der Waals surface area contributed by atoms with Crippen LogP contribution in [0.5, 0.6) is 11.5 Å². The predicted octanol–water partition coefficient (Wildman–Crippen LogP) is 3.34. The second kappa shape index (κ2) is 9.07. The molecule has 0 aliphatic carbocycles. The summed E-state index contributed by atoms with van der Waals surface area (Å²) in [6, 6.07) is 14.2. The highest BCUT2D eigenvalue weighted by Crippen LogP contribution is 2.26. The second-order valence-electron chi connectivity index (χ2n) is 6.29. The minimum atomic E-state index is -0.278. The first-order valence-electron chi connectivity index (χ1n) is 9.21. The summed E-state index contributed by atoms with van der Waals surface area (Å²) in [5, 5.41) is 2.77. The van der Waals surface area contributed by atoms with Gasteiger partial charge in [0.2, 0.25) is 0 Å². The molecule has 2 amide bonds. The van der Waals surface area contributed by atoms with Crippen LogP contribution < -0.4 is 14.8 Å². The van der Waals surface area contributed by atoms with Crippen LogP contribution in [0.25, 0.3) is 0 Å². The Bertz CT molecular complexity index is 783. The number of rotatable bonds is 7. The topological polar surface area (TPSA) is 67.9 Å². The Hall–Kier alpha value is -3.02. The van der Waals surface area contributed by atoms with Crippen molar-refractivity contribution >= 4 is 17.5 Å². The summed E-state index contributed by atoms with van der Waals surface area (Å²) in [5.41, 5.74) is 1.26. The summed E-state index contributed by atoms with van der Waals surface area (Å²) < 4.78 is 11.0. The molecule has 0 radical (unpaired) electrons. The van der Waals surface area contributed by atoms with Crippen LogP contribution in [0, 0.1) is 0 Å². The largest absolute Gasteiger partial charge is 0.490 e. The number of hydrogen-bond acceptors (Lipinski definition) is 4. The number of para-hydroxylation sites is 2. The van der Waals surface area contributed by atoms with Crippen LogP contribution in [-0.4, -0.2) is 43.0 Å². The number of benzene rings is 2. The molecule has 2 aromatic rings. The minimum absolute atomic E-state index is 0.0428. The van der Waals surface area contributed by atoms with Crippen molar-refractivity contribution in [3.8, 4) is 11.5 Å². The first kappa shape index (κ1) is 18.8. The van der Waals surface area contributed by atoms with Crippen molar-refractivity contribution in [2.45, 2.75) is 19.8 Å². The number of carbonyl (C=O) groups is 2. The van der Waals surface area contributed by atoms with Crippen molar-refractivity contribution in [1.82, 2.24) is 4.90 Å².